The number of aromatic nitrogens is 3. The van der Waals surface area contributed by atoms with Crippen LogP contribution < -0.4 is 21.4 Å². The molecule has 210 valence electrons. The first kappa shape index (κ1) is 27.4. The Bertz CT molecular complexity index is 1660. The Labute approximate surface area is 227 Å². The van der Waals surface area contributed by atoms with E-state index in [9.17, 15) is 27.2 Å². The SMILES string of the molecule is NCCNC(=O)c1cnc(-c2ccccc2)c2c1[N+](OC(=O)C(F)(F)F)(c1ccc(F)cc1)C(c1nonc1N)=N2. The van der Waals surface area contributed by atoms with Gasteiger partial charge in [0.25, 0.3) is 5.91 Å². The third kappa shape index (κ3) is 4.74. The van der Waals surface area contributed by atoms with Crippen molar-refractivity contribution in [2.24, 2.45) is 10.7 Å². The van der Waals surface area contributed by atoms with E-state index in [-0.39, 0.29) is 41.4 Å². The van der Waals surface area contributed by atoms with Crippen molar-refractivity contribution in [3.05, 3.63) is 77.9 Å². The highest BCUT2D eigenvalue weighted by Crippen LogP contribution is 2.54. The predicted molar refractivity (Wildman–Crippen MR) is 136 cm³/mol. The summed E-state index contributed by atoms with van der Waals surface area (Å²) < 4.78 is 58.4. The van der Waals surface area contributed by atoms with Crippen LogP contribution >= 0.6 is 0 Å². The van der Waals surface area contributed by atoms with Crippen LogP contribution in [0.3, 0.4) is 0 Å². The number of aliphatic imine (C=N–C) groups is 1. The fourth-order valence-corrected chi connectivity index (χ4v) is 4.23. The number of anilines is 1. The molecule has 0 radical (unpaired) electrons. The van der Waals surface area contributed by atoms with Crippen molar-refractivity contribution >= 4 is 40.6 Å². The van der Waals surface area contributed by atoms with Crippen molar-refractivity contribution in [2.45, 2.75) is 6.18 Å². The number of nitrogen functional groups attached to an aromatic ring is 1. The first-order valence-electron chi connectivity index (χ1n) is 11.8. The molecule has 41 heavy (non-hydrogen) atoms. The van der Waals surface area contributed by atoms with Gasteiger partial charge in [0.2, 0.25) is 17.2 Å². The molecule has 16 heteroatoms. The molecule has 0 saturated carbocycles. The Morgan fingerprint density at radius 2 is 1.73 bits per heavy atom. The van der Waals surface area contributed by atoms with Gasteiger partial charge in [0, 0.05) is 37.0 Å². The lowest BCUT2D eigenvalue weighted by molar-refractivity contribution is -0.216. The van der Waals surface area contributed by atoms with Crippen molar-refractivity contribution in [1.82, 2.24) is 25.3 Å². The standard InChI is InChI=1S/C25H18F4N8O4/c26-14-6-8-15(9-7-14)37(40-24(39)25(27,28)29)20-16(23(38)32-11-10-30)12-33-17(13-4-2-1-3-5-13)18(20)34-22(37)19-21(31)36-41-35-19/h1-9,12H,10-11,30H2,(H2-,31,32,36,38)/p+1. The zero-order chi connectivity index (χ0) is 29.4. The Hall–Kier alpha value is -5.22. The minimum absolute atomic E-state index is 0.0131. The first-order valence-corrected chi connectivity index (χ1v) is 11.8. The number of rotatable bonds is 7. The lowest BCUT2D eigenvalue weighted by Crippen LogP contribution is -2.53. The number of alkyl halides is 3. The van der Waals surface area contributed by atoms with Crippen molar-refractivity contribution in [1.29, 1.82) is 0 Å². The lowest BCUT2D eigenvalue weighted by atomic mass is 10.0. The highest BCUT2D eigenvalue weighted by atomic mass is 19.4. The number of hydrogen-bond acceptors (Lipinski definition) is 10. The van der Waals surface area contributed by atoms with Gasteiger partial charge in [0.15, 0.2) is 11.4 Å². The van der Waals surface area contributed by atoms with E-state index in [0.717, 1.165) is 30.5 Å². The number of pyridine rings is 1. The van der Waals surface area contributed by atoms with E-state index in [2.05, 4.69) is 30.2 Å². The maximum atomic E-state index is 14.0. The average Bonchev–Trinajstić information content (AvgIpc) is 3.53. The fraction of sp³-hybridized carbons (Fsp3) is 0.120. The smallest absolute Gasteiger partial charge is 0.379 e. The summed E-state index contributed by atoms with van der Waals surface area (Å²) in [5, 5.41) is 9.67. The summed E-state index contributed by atoms with van der Waals surface area (Å²) in [5.41, 5.74) is 10.4. The van der Waals surface area contributed by atoms with Gasteiger partial charge in [-0.3, -0.25) is 9.78 Å². The van der Waals surface area contributed by atoms with Gasteiger partial charge < -0.3 is 16.8 Å². The topological polar surface area (TPSA) is 172 Å². The minimum atomic E-state index is -5.51. The van der Waals surface area contributed by atoms with E-state index in [0.29, 0.717) is 5.56 Å². The van der Waals surface area contributed by atoms with Crippen molar-refractivity contribution < 1.29 is 36.6 Å². The van der Waals surface area contributed by atoms with Crippen LogP contribution in [0.2, 0.25) is 0 Å². The molecule has 0 saturated heterocycles. The largest absolute Gasteiger partial charge is 0.497 e. The minimum Gasteiger partial charge on any atom is -0.379 e. The van der Waals surface area contributed by atoms with Crippen LogP contribution in [-0.2, 0) is 9.63 Å². The van der Waals surface area contributed by atoms with E-state index in [4.69, 9.17) is 16.3 Å². The molecule has 0 fully saturated rings. The third-order valence-corrected chi connectivity index (χ3v) is 5.95. The molecule has 1 unspecified atom stereocenters. The highest BCUT2D eigenvalue weighted by Gasteiger charge is 2.60. The predicted octanol–water partition coefficient (Wildman–Crippen LogP) is 3.29. The molecule has 0 aliphatic carbocycles. The Balaban J connectivity index is 1.93. The summed E-state index contributed by atoms with van der Waals surface area (Å²) in [6, 6.07) is 12.3. The number of hydroxylamine groups is 1. The number of amides is 1. The second-order valence-electron chi connectivity index (χ2n) is 8.52. The van der Waals surface area contributed by atoms with E-state index in [1.807, 2.05) is 0 Å². The molecule has 2 aromatic heterocycles. The number of nitrogens with one attached hydrogen (secondary N) is 1. The summed E-state index contributed by atoms with van der Waals surface area (Å²) in [7, 11) is 0. The normalized spacial score (nSPS) is 16.2. The Morgan fingerprint density at radius 1 is 1.02 bits per heavy atom. The van der Waals surface area contributed by atoms with Crippen LogP contribution in [0.25, 0.3) is 11.3 Å². The van der Waals surface area contributed by atoms with Gasteiger partial charge in [0.1, 0.15) is 17.1 Å². The average molecular weight is 571 g/mol. The van der Waals surface area contributed by atoms with Gasteiger partial charge >= 0.3 is 18.0 Å². The fourth-order valence-electron chi connectivity index (χ4n) is 4.23. The molecule has 1 amide bonds. The molecule has 0 spiro atoms. The Morgan fingerprint density at radius 3 is 2.34 bits per heavy atom. The van der Waals surface area contributed by atoms with Gasteiger partial charge in [-0.05, 0) is 27.1 Å². The van der Waals surface area contributed by atoms with Crippen molar-refractivity contribution in [2.75, 3.05) is 18.8 Å². The van der Waals surface area contributed by atoms with Crippen LogP contribution in [0.4, 0.5) is 40.4 Å². The lowest BCUT2D eigenvalue weighted by Gasteiger charge is -2.30. The van der Waals surface area contributed by atoms with Gasteiger partial charge in [-0.25, -0.2) is 18.7 Å². The molecule has 1 atom stereocenters. The summed E-state index contributed by atoms with van der Waals surface area (Å²) in [5.74, 6) is -5.21. The number of nitrogens with zero attached hydrogens (tertiary/aromatic N) is 5. The number of benzene rings is 2. The first-order chi connectivity index (χ1) is 19.6. The second kappa shape index (κ2) is 10.4. The van der Waals surface area contributed by atoms with Crippen molar-refractivity contribution in [3.8, 4) is 11.3 Å². The molecular weight excluding hydrogens is 552 g/mol. The summed E-state index contributed by atoms with van der Waals surface area (Å²) >= 11 is 0. The van der Waals surface area contributed by atoms with Gasteiger partial charge in [-0.2, -0.15) is 18.2 Å². The quantitative estimate of drug-likeness (QED) is 0.222. The molecule has 1 aliphatic heterocycles. The number of hydrogen-bond donors (Lipinski definition) is 3. The summed E-state index contributed by atoms with van der Waals surface area (Å²) in [4.78, 5) is 40.0. The van der Waals surface area contributed by atoms with Crippen molar-refractivity contribution in [3.63, 3.8) is 0 Å². The number of halogens is 4. The molecule has 4 aromatic rings. The molecule has 12 nitrogen and oxygen atoms in total. The molecule has 1 aliphatic rings. The maximum Gasteiger partial charge on any atom is 0.497 e. The van der Waals surface area contributed by atoms with E-state index in [1.165, 1.54) is 0 Å². The molecular formula is C25H19F4N8O4+. The van der Waals surface area contributed by atoms with Gasteiger partial charge in [-0.15, -0.1) is 0 Å². The van der Waals surface area contributed by atoms with E-state index >= 15 is 0 Å². The van der Waals surface area contributed by atoms with Crippen LogP contribution in [0.1, 0.15) is 16.1 Å². The number of nitrogens with two attached hydrogens (primary N) is 2. The number of quaternary nitrogens is 1. The Kier molecular flexibility index (Phi) is 6.94. The van der Waals surface area contributed by atoms with Gasteiger partial charge in [0.05, 0.1) is 0 Å². The number of amidine groups is 1. The molecule has 5 N–H and O–H groups in total. The second-order valence-corrected chi connectivity index (χ2v) is 8.52. The molecule has 2 aromatic carbocycles. The molecule has 0 bridgehead atoms. The number of fused-ring (bicyclic) bond motifs is 1. The van der Waals surface area contributed by atoms with E-state index in [1.54, 1.807) is 30.3 Å². The number of carbonyl (C=O) groups excluding carboxylic acids is 2. The van der Waals surface area contributed by atoms with Crippen LogP contribution in [0.15, 0.2) is 70.4 Å². The maximum absolute atomic E-state index is 14.0. The van der Waals surface area contributed by atoms with Crippen LogP contribution in [0.5, 0.6) is 0 Å². The zero-order valence-corrected chi connectivity index (χ0v) is 20.7. The molecule has 3 heterocycles. The monoisotopic (exact) mass is 571 g/mol. The zero-order valence-electron chi connectivity index (χ0n) is 20.7. The third-order valence-electron chi connectivity index (χ3n) is 5.95. The molecule has 5 rings (SSSR count). The summed E-state index contributed by atoms with van der Waals surface area (Å²) in [6.45, 7) is 0.0220. The van der Waals surface area contributed by atoms with Crippen LogP contribution in [0, 0.1) is 5.82 Å². The van der Waals surface area contributed by atoms with E-state index < -0.39 is 45.9 Å². The number of carbonyl (C=O) groups is 2. The van der Waals surface area contributed by atoms with Gasteiger partial charge in [-0.1, -0.05) is 30.3 Å². The van der Waals surface area contributed by atoms with Crippen LogP contribution in [-0.4, -0.2) is 52.3 Å². The highest BCUT2D eigenvalue weighted by molar-refractivity contribution is 6.20. The summed E-state index contributed by atoms with van der Waals surface area (Å²) in [6.07, 6.45) is -4.42.